The minimum atomic E-state index is -0.0358. The van der Waals surface area contributed by atoms with Crippen molar-refractivity contribution in [1.29, 1.82) is 0 Å². The van der Waals surface area contributed by atoms with E-state index in [0.29, 0.717) is 27.7 Å². The normalized spacial score (nSPS) is 11.7. The van der Waals surface area contributed by atoms with Crippen LogP contribution in [-0.4, -0.2) is 23.9 Å². The Labute approximate surface area is 214 Å². The number of ether oxygens (including phenoxy) is 2. The quantitative estimate of drug-likeness (QED) is 0.257. The molecule has 0 saturated carbocycles. The highest BCUT2D eigenvalue weighted by Gasteiger charge is 2.15. The van der Waals surface area contributed by atoms with Gasteiger partial charge < -0.3 is 24.8 Å². The zero-order valence-electron chi connectivity index (χ0n) is 19.7. The first kappa shape index (κ1) is 23.3. The van der Waals surface area contributed by atoms with Crippen molar-refractivity contribution in [3.05, 3.63) is 114 Å². The summed E-state index contributed by atoms with van der Waals surface area (Å²) < 4.78 is 10.9. The molecule has 0 spiro atoms. The number of rotatable bonds is 7. The van der Waals surface area contributed by atoms with Gasteiger partial charge in [-0.2, -0.15) is 0 Å². The average Bonchev–Trinajstić information content (AvgIpc) is 3.36. The Balaban J connectivity index is 1.40. The molecule has 2 heterocycles. The van der Waals surface area contributed by atoms with Crippen molar-refractivity contribution in [1.82, 2.24) is 4.98 Å². The van der Waals surface area contributed by atoms with Gasteiger partial charge >= 0.3 is 0 Å². The molecule has 1 aliphatic heterocycles. The first-order valence-corrected chi connectivity index (χ1v) is 11.6. The number of pyridine rings is 1. The van der Waals surface area contributed by atoms with Crippen LogP contribution >= 0.6 is 11.6 Å². The molecule has 6 nitrogen and oxygen atoms in total. The number of aliphatic hydroxyl groups excluding tert-OH is 1. The minimum Gasteiger partial charge on any atom is -0.508 e. The zero-order valence-corrected chi connectivity index (χ0v) is 20.4. The highest BCUT2D eigenvalue weighted by atomic mass is 35.5. The number of halogens is 1. The highest BCUT2D eigenvalue weighted by molar-refractivity contribution is 6.30. The van der Waals surface area contributed by atoms with E-state index in [4.69, 9.17) is 21.1 Å². The summed E-state index contributed by atoms with van der Waals surface area (Å²) in [4.78, 5) is 6.67. The van der Waals surface area contributed by atoms with Gasteiger partial charge in [-0.05, 0) is 72.3 Å². The molecule has 0 bridgehead atoms. The van der Waals surface area contributed by atoms with Gasteiger partial charge in [0.15, 0.2) is 11.5 Å². The Kier molecular flexibility index (Phi) is 6.27. The Hall–Kier alpha value is -4.42. The van der Waals surface area contributed by atoms with Crippen LogP contribution in [0.25, 0.3) is 11.3 Å². The van der Waals surface area contributed by atoms with Gasteiger partial charge in [0.05, 0.1) is 17.6 Å². The number of anilines is 4. The second kappa shape index (κ2) is 9.68. The summed E-state index contributed by atoms with van der Waals surface area (Å²) in [6.07, 6.45) is 1.80. The third-order valence-corrected chi connectivity index (χ3v) is 6.19. The number of fused-ring (bicyclic) bond motifs is 1. The van der Waals surface area contributed by atoms with Gasteiger partial charge in [-0.15, -0.1) is 0 Å². The second-order valence-electron chi connectivity index (χ2n) is 8.35. The van der Waals surface area contributed by atoms with Crippen LogP contribution in [-0.2, 0) is 0 Å². The lowest BCUT2D eigenvalue weighted by atomic mass is 9.99. The van der Waals surface area contributed by atoms with Crippen molar-refractivity contribution >= 4 is 45.7 Å². The van der Waals surface area contributed by atoms with Crippen LogP contribution in [0.4, 0.5) is 22.7 Å². The molecule has 1 aliphatic rings. The number of benzene rings is 3. The Morgan fingerprint density at radius 1 is 0.889 bits per heavy atom. The number of nitrogens with zero attached hydrogens (tertiary/aromatic N) is 2. The molecule has 0 amide bonds. The molecule has 0 radical (unpaired) electrons. The number of nitrogens with one attached hydrogen (secondary N) is 1. The molecule has 7 heteroatoms. The minimum absolute atomic E-state index is 0.0358. The van der Waals surface area contributed by atoms with Crippen LogP contribution in [0.15, 0.2) is 92.2 Å². The van der Waals surface area contributed by atoms with Gasteiger partial charge in [0.2, 0.25) is 6.79 Å². The van der Waals surface area contributed by atoms with Gasteiger partial charge in [0, 0.05) is 46.3 Å². The Bertz CT molecular complexity index is 1450. The van der Waals surface area contributed by atoms with Gasteiger partial charge in [0.1, 0.15) is 5.76 Å². The van der Waals surface area contributed by atoms with E-state index in [0.717, 1.165) is 34.0 Å². The standard InChI is InChI=1S/C29H24ClN3O3/c1-18(27-10-9-26(16-31-27)33(3)25-7-4-22(30)5-8-25)20-12-21(19(2)34)14-24(13-20)32-23-6-11-28-29(15-23)36-17-35-28/h4-16,32,34H,1-2,17H2,3H3. The molecule has 0 fully saturated rings. The van der Waals surface area contributed by atoms with Crippen LogP contribution < -0.4 is 19.7 Å². The fraction of sp³-hybridized carbons (Fsp3) is 0.0690. The number of aromatic nitrogens is 1. The third kappa shape index (κ3) is 4.85. The average molecular weight is 498 g/mol. The molecule has 2 N–H and O–H groups in total. The summed E-state index contributed by atoms with van der Waals surface area (Å²) in [6.45, 7) is 8.17. The lowest BCUT2D eigenvalue weighted by molar-refractivity contribution is 0.174. The summed E-state index contributed by atoms with van der Waals surface area (Å²) in [5.74, 6) is 1.36. The van der Waals surface area contributed by atoms with Crippen molar-refractivity contribution < 1.29 is 14.6 Å². The van der Waals surface area contributed by atoms with Gasteiger partial charge in [-0.25, -0.2) is 0 Å². The van der Waals surface area contributed by atoms with E-state index in [1.807, 2.05) is 84.7 Å². The van der Waals surface area contributed by atoms with E-state index in [1.54, 1.807) is 6.20 Å². The largest absolute Gasteiger partial charge is 0.508 e. The molecule has 0 saturated heterocycles. The molecule has 36 heavy (non-hydrogen) atoms. The van der Waals surface area contributed by atoms with Crippen molar-refractivity contribution in [3.63, 3.8) is 0 Å². The number of hydrogen-bond acceptors (Lipinski definition) is 6. The van der Waals surface area contributed by atoms with Crippen molar-refractivity contribution in [3.8, 4) is 11.5 Å². The molecule has 3 aromatic carbocycles. The van der Waals surface area contributed by atoms with Crippen LogP contribution in [0.3, 0.4) is 0 Å². The molecular weight excluding hydrogens is 474 g/mol. The highest BCUT2D eigenvalue weighted by Crippen LogP contribution is 2.36. The van der Waals surface area contributed by atoms with Gasteiger partial charge in [-0.3, -0.25) is 4.98 Å². The predicted octanol–water partition coefficient (Wildman–Crippen LogP) is 7.57. The lowest BCUT2D eigenvalue weighted by Crippen LogP contribution is -2.09. The SMILES string of the molecule is C=C(O)c1cc(Nc2ccc3c(c2)OCO3)cc(C(=C)c2ccc(N(C)c3ccc(Cl)cc3)cn2)c1. The molecule has 0 unspecified atom stereocenters. The van der Waals surface area contributed by atoms with Crippen molar-refractivity contribution in [2.75, 3.05) is 24.1 Å². The molecule has 4 aromatic rings. The van der Waals surface area contributed by atoms with Crippen LogP contribution in [0.2, 0.25) is 5.02 Å². The molecule has 180 valence electrons. The zero-order chi connectivity index (χ0) is 25.2. The Morgan fingerprint density at radius 2 is 1.61 bits per heavy atom. The van der Waals surface area contributed by atoms with E-state index in [-0.39, 0.29) is 12.6 Å². The van der Waals surface area contributed by atoms with E-state index in [2.05, 4.69) is 23.5 Å². The van der Waals surface area contributed by atoms with E-state index in [1.165, 1.54) is 0 Å². The molecule has 5 rings (SSSR count). The summed E-state index contributed by atoms with van der Waals surface area (Å²) >= 11 is 6.01. The summed E-state index contributed by atoms with van der Waals surface area (Å²) in [5, 5.41) is 14.2. The maximum absolute atomic E-state index is 10.1. The molecule has 0 aliphatic carbocycles. The number of hydrogen-bond donors (Lipinski definition) is 2. The van der Waals surface area contributed by atoms with Crippen molar-refractivity contribution in [2.24, 2.45) is 0 Å². The van der Waals surface area contributed by atoms with Crippen LogP contribution in [0.1, 0.15) is 16.8 Å². The second-order valence-corrected chi connectivity index (χ2v) is 8.79. The smallest absolute Gasteiger partial charge is 0.231 e. The van der Waals surface area contributed by atoms with Gasteiger partial charge in [-0.1, -0.05) is 24.8 Å². The van der Waals surface area contributed by atoms with E-state index >= 15 is 0 Å². The maximum Gasteiger partial charge on any atom is 0.231 e. The Morgan fingerprint density at radius 3 is 2.33 bits per heavy atom. The maximum atomic E-state index is 10.1. The number of aliphatic hydroxyl groups is 1. The first-order chi connectivity index (χ1) is 17.4. The topological polar surface area (TPSA) is 66.8 Å². The summed E-state index contributed by atoms with van der Waals surface area (Å²) in [5.41, 5.74) is 6.33. The predicted molar refractivity (Wildman–Crippen MR) is 146 cm³/mol. The van der Waals surface area contributed by atoms with E-state index < -0.39 is 0 Å². The summed E-state index contributed by atoms with van der Waals surface area (Å²) in [7, 11) is 1.97. The lowest BCUT2D eigenvalue weighted by Gasteiger charge is -2.19. The van der Waals surface area contributed by atoms with Gasteiger partial charge in [0.25, 0.3) is 0 Å². The monoisotopic (exact) mass is 497 g/mol. The summed E-state index contributed by atoms with van der Waals surface area (Å²) in [6, 6.07) is 22.8. The third-order valence-electron chi connectivity index (χ3n) is 5.93. The molecular formula is C29H24ClN3O3. The van der Waals surface area contributed by atoms with Crippen molar-refractivity contribution in [2.45, 2.75) is 0 Å². The first-order valence-electron chi connectivity index (χ1n) is 11.2. The van der Waals surface area contributed by atoms with Crippen LogP contribution in [0, 0.1) is 0 Å². The van der Waals surface area contributed by atoms with Crippen LogP contribution in [0.5, 0.6) is 11.5 Å². The molecule has 1 aromatic heterocycles. The molecule has 0 atom stereocenters. The fourth-order valence-corrected chi connectivity index (χ4v) is 4.03. The fourth-order valence-electron chi connectivity index (χ4n) is 3.91. The van der Waals surface area contributed by atoms with E-state index in [9.17, 15) is 5.11 Å².